The fourth-order valence-corrected chi connectivity index (χ4v) is 3.77. The molecule has 130 valence electrons. The monoisotopic (exact) mass is 381 g/mol. The minimum absolute atomic E-state index is 0.244. The van der Waals surface area contributed by atoms with Gasteiger partial charge >= 0.3 is 0 Å². The number of aryl methyl sites for hydroxylation is 1. The van der Waals surface area contributed by atoms with E-state index in [1.165, 1.54) is 4.88 Å². The molecule has 0 unspecified atom stereocenters. The summed E-state index contributed by atoms with van der Waals surface area (Å²) in [4.78, 5) is 10.8. The van der Waals surface area contributed by atoms with Crippen molar-refractivity contribution in [1.29, 1.82) is 0 Å². The summed E-state index contributed by atoms with van der Waals surface area (Å²) in [7, 11) is 0. The number of ether oxygens (including phenoxy) is 1. The van der Waals surface area contributed by atoms with Gasteiger partial charge in [0.1, 0.15) is 22.1 Å². The molecule has 0 bridgehead atoms. The van der Waals surface area contributed by atoms with Crippen molar-refractivity contribution in [3.8, 4) is 11.5 Å². The molecule has 2 heterocycles. The molecule has 1 N–H and O–H groups in total. The molecule has 0 saturated heterocycles. The van der Waals surface area contributed by atoms with Crippen molar-refractivity contribution in [2.75, 3.05) is 5.32 Å². The van der Waals surface area contributed by atoms with Gasteiger partial charge in [-0.15, -0.1) is 11.3 Å². The summed E-state index contributed by atoms with van der Waals surface area (Å²) in [6.07, 6.45) is 0.962. The van der Waals surface area contributed by atoms with Crippen LogP contribution in [0.1, 0.15) is 11.8 Å². The number of nitrogens with zero attached hydrogens (tertiary/aromatic N) is 2. The summed E-state index contributed by atoms with van der Waals surface area (Å²) in [5.41, 5.74) is 0.908. The van der Waals surface area contributed by atoms with E-state index in [2.05, 4.69) is 28.3 Å². The van der Waals surface area contributed by atoms with E-state index in [0.717, 1.165) is 33.8 Å². The number of hydrogen-bond donors (Lipinski definition) is 1. The normalized spacial score (nSPS) is 10.8. The first-order chi connectivity index (χ1) is 12.7. The van der Waals surface area contributed by atoms with Gasteiger partial charge in [0.2, 0.25) is 5.28 Å². The third-order valence-corrected chi connectivity index (χ3v) is 5.20. The lowest BCUT2D eigenvalue weighted by Crippen LogP contribution is -1.96. The zero-order chi connectivity index (χ0) is 17.9. The molecule has 26 heavy (non-hydrogen) atoms. The van der Waals surface area contributed by atoms with Crippen molar-refractivity contribution in [3.05, 3.63) is 70.8 Å². The summed E-state index contributed by atoms with van der Waals surface area (Å²) < 4.78 is 5.82. The summed E-state index contributed by atoms with van der Waals surface area (Å²) in [6.45, 7) is 2.12. The van der Waals surface area contributed by atoms with Crippen molar-refractivity contribution >= 4 is 44.7 Å². The van der Waals surface area contributed by atoms with E-state index >= 15 is 0 Å². The molecular formula is C20H16ClN3OS. The van der Waals surface area contributed by atoms with Gasteiger partial charge in [0, 0.05) is 10.6 Å². The molecule has 4 aromatic rings. The highest BCUT2D eigenvalue weighted by molar-refractivity contribution is 7.18. The molecular weight excluding hydrogens is 366 g/mol. The Kier molecular flexibility index (Phi) is 4.73. The first-order valence-corrected chi connectivity index (χ1v) is 9.46. The Bertz CT molecular complexity index is 1030. The van der Waals surface area contributed by atoms with Gasteiger partial charge in [-0.2, -0.15) is 4.98 Å². The number of aromatic nitrogens is 2. The second-order valence-corrected chi connectivity index (χ2v) is 7.14. The average molecular weight is 382 g/mol. The maximum Gasteiger partial charge on any atom is 0.225 e. The molecule has 0 spiro atoms. The molecule has 2 aromatic carbocycles. The summed E-state index contributed by atoms with van der Waals surface area (Å²) in [5, 5.41) is 4.56. The Hall–Kier alpha value is -2.63. The van der Waals surface area contributed by atoms with Gasteiger partial charge in [-0.1, -0.05) is 25.1 Å². The smallest absolute Gasteiger partial charge is 0.225 e. The number of rotatable bonds is 5. The van der Waals surface area contributed by atoms with Crippen LogP contribution in [0.4, 0.5) is 11.5 Å². The second kappa shape index (κ2) is 7.32. The minimum Gasteiger partial charge on any atom is -0.457 e. The van der Waals surface area contributed by atoms with Crippen LogP contribution < -0.4 is 10.1 Å². The van der Waals surface area contributed by atoms with E-state index in [0.29, 0.717) is 5.82 Å². The number of halogens is 1. The van der Waals surface area contributed by atoms with Crippen LogP contribution in [0.25, 0.3) is 10.2 Å². The molecule has 2 aromatic heterocycles. The highest BCUT2D eigenvalue weighted by Crippen LogP contribution is 2.32. The molecule has 0 amide bonds. The average Bonchev–Trinajstić information content (AvgIpc) is 3.07. The predicted molar refractivity (Wildman–Crippen MR) is 108 cm³/mol. The molecule has 6 heteroatoms. The molecule has 0 atom stereocenters. The second-order valence-electron chi connectivity index (χ2n) is 5.69. The van der Waals surface area contributed by atoms with Gasteiger partial charge in [-0.3, -0.25) is 0 Å². The zero-order valence-electron chi connectivity index (χ0n) is 14.1. The highest BCUT2D eigenvalue weighted by Gasteiger charge is 2.11. The van der Waals surface area contributed by atoms with Gasteiger partial charge in [0.25, 0.3) is 0 Å². The fourth-order valence-electron chi connectivity index (χ4n) is 2.58. The van der Waals surface area contributed by atoms with Crippen LogP contribution in [0, 0.1) is 0 Å². The summed E-state index contributed by atoms with van der Waals surface area (Å²) >= 11 is 7.73. The first kappa shape index (κ1) is 16.8. The standard InChI is InChI=1S/C20H16ClN3OS/c1-2-16-12-17-18(23-20(21)24-19(17)26-16)22-13-8-10-15(11-9-13)25-14-6-4-3-5-7-14/h3-12H,2H2,1H3,(H,22,23,24). The Morgan fingerprint density at radius 2 is 1.73 bits per heavy atom. The molecule has 0 aliphatic rings. The van der Waals surface area contributed by atoms with Crippen LogP contribution in [0.15, 0.2) is 60.7 Å². The predicted octanol–water partition coefficient (Wildman–Crippen LogP) is 6.44. The number of anilines is 2. The summed E-state index contributed by atoms with van der Waals surface area (Å²) in [6, 6.07) is 19.6. The lowest BCUT2D eigenvalue weighted by molar-refractivity contribution is 0.483. The molecule has 0 saturated carbocycles. The van der Waals surface area contributed by atoms with Gasteiger partial charge < -0.3 is 10.1 Å². The van der Waals surface area contributed by atoms with Crippen molar-refractivity contribution in [1.82, 2.24) is 9.97 Å². The fraction of sp³-hybridized carbons (Fsp3) is 0.100. The zero-order valence-corrected chi connectivity index (χ0v) is 15.6. The number of benzene rings is 2. The van der Waals surface area contributed by atoms with Crippen LogP contribution in [-0.4, -0.2) is 9.97 Å². The van der Waals surface area contributed by atoms with Crippen molar-refractivity contribution in [3.63, 3.8) is 0 Å². The van der Waals surface area contributed by atoms with Crippen LogP contribution >= 0.6 is 22.9 Å². The van der Waals surface area contributed by atoms with E-state index in [1.54, 1.807) is 11.3 Å². The molecule has 0 radical (unpaired) electrons. The van der Waals surface area contributed by atoms with Crippen LogP contribution in [-0.2, 0) is 6.42 Å². The molecule has 0 fully saturated rings. The Labute approximate surface area is 160 Å². The van der Waals surface area contributed by atoms with Crippen LogP contribution in [0.2, 0.25) is 5.28 Å². The number of thiophene rings is 1. The van der Waals surface area contributed by atoms with Crippen molar-refractivity contribution in [2.45, 2.75) is 13.3 Å². The van der Waals surface area contributed by atoms with Crippen molar-refractivity contribution < 1.29 is 4.74 Å². The maximum absolute atomic E-state index is 6.08. The van der Waals surface area contributed by atoms with E-state index < -0.39 is 0 Å². The number of nitrogens with one attached hydrogen (secondary N) is 1. The highest BCUT2D eigenvalue weighted by atomic mass is 35.5. The van der Waals surface area contributed by atoms with Crippen LogP contribution in [0.5, 0.6) is 11.5 Å². The number of hydrogen-bond acceptors (Lipinski definition) is 5. The molecule has 0 aliphatic carbocycles. The van der Waals surface area contributed by atoms with E-state index in [1.807, 2.05) is 54.6 Å². The van der Waals surface area contributed by atoms with Gasteiger partial charge in [-0.05, 0) is 60.5 Å². The topological polar surface area (TPSA) is 47.0 Å². The van der Waals surface area contributed by atoms with Crippen LogP contribution in [0.3, 0.4) is 0 Å². The third-order valence-electron chi connectivity index (χ3n) is 3.86. The Balaban J connectivity index is 1.57. The van der Waals surface area contributed by atoms with Gasteiger partial charge in [0.05, 0.1) is 5.39 Å². The van der Waals surface area contributed by atoms with E-state index in [4.69, 9.17) is 16.3 Å². The van der Waals surface area contributed by atoms with Gasteiger partial charge in [0.15, 0.2) is 0 Å². The SMILES string of the molecule is CCc1cc2c(Nc3ccc(Oc4ccccc4)cc3)nc(Cl)nc2s1. The lowest BCUT2D eigenvalue weighted by Gasteiger charge is -2.09. The quantitative estimate of drug-likeness (QED) is 0.404. The lowest BCUT2D eigenvalue weighted by atomic mass is 10.2. The number of fused-ring (bicyclic) bond motifs is 1. The molecule has 4 rings (SSSR count). The van der Waals surface area contributed by atoms with E-state index in [9.17, 15) is 0 Å². The molecule has 4 nitrogen and oxygen atoms in total. The molecule has 0 aliphatic heterocycles. The maximum atomic E-state index is 6.08. The number of para-hydroxylation sites is 1. The third kappa shape index (κ3) is 3.64. The minimum atomic E-state index is 0.244. The van der Waals surface area contributed by atoms with Crippen molar-refractivity contribution in [2.24, 2.45) is 0 Å². The Morgan fingerprint density at radius 1 is 1.00 bits per heavy atom. The summed E-state index contributed by atoms with van der Waals surface area (Å²) in [5.74, 6) is 2.30. The Morgan fingerprint density at radius 3 is 2.46 bits per heavy atom. The largest absolute Gasteiger partial charge is 0.457 e. The van der Waals surface area contributed by atoms with Gasteiger partial charge in [-0.25, -0.2) is 4.98 Å². The first-order valence-electron chi connectivity index (χ1n) is 8.27. The van der Waals surface area contributed by atoms with E-state index in [-0.39, 0.29) is 5.28 Å².